The fourth-order valence-corrected chi connectivity index (χ4v) is 5.65. The normalized spacial score (nSPS) is 32.3. The van der Waals surface area contributed by atoms with Crippen LogP contribution < -0.4 is 0 Å². The SMILES string of the molecule is CC(C)C(C)/C=C/C(C)C1CCC2C(OC(=O)c3ccccc3)CCCC12C. The standard InChI is InChI=1S/C26H38O2/c1-18(2)19(3)13-14-20(4)22-15-16-23-24(12-9-17-26(22,23)5)28-25(27)21-10-7-6-8-11-21/h6-8,10-11,13-14,18-20,22-24H,9,12,15-17H2,1-5H3/b14-13+. The Bertz CT molecular complexity index is 677. The average Bonchev–Trinajstić information content (AvgIpc) is 3.04. The third-order valence-electron chi connectivity index (χ3n) is 7.81. The van der Waals surface area contributed by atoms with Crippen LogP contribution >= 0.6 is 0 Å². The Hall–Kier alpha value is -1.57. The van der Waals surface area contributed by atoms with Crippen molar-refractivity contribution in [3.63, 3.8) is 0 Å². The zero-order valence-corrected chi connectivity index (χ0v) is 18.4. The van der Waals surface area contributed by atoms with Gasteiger partial charge in [0.15, 0.2) is 0 Å². The Morgan fingerprint density at radius 3 is 2.46 bits per heavy atom. The van der Waals surface area contributed by atoms with Gasteiger partial charge in [-0.2, -0.15) is 0 Å². The Balaban J connectivity index is 1.69. The van der Waals surface area contributed by atoms with Gasteiger partial charge >= 0.3 is 5.97 Å². The second-order valence-electron chi connectivity index (χ2n) is 9.85. The fourth-order valence-electron chi connectivity index (χ4n) is 5.65. The van der Waals surface area contributed by atoms with Crippen LogP contribution in [0.15, 0.2) is 42.5 Å². The molecule has 2 heteroatoms. The molecule has 0 aliphatic heterocycles. The number of carbonyl (C=O) groups excluding carboxylic acids is 1. The van der Waals surface area contributed by atoms with E-state index in [-0.39, 0.29) is 17.5 Å². The number of fused-ring (bicyclic) bond motifs is 1. The zero-order chi connectivity index (χ0) is 20.3. The molecule has 2 aliphatic carbocycles. The molecule has 0 radical (unpaired) electrons. The topological polar surface area (TPSA) is 26.3 Å². The van der Waals surface area contributed by atoms with Crippen LogP contribution in [-0.2, 0) is 4.74 Å². The number of rotatable bonds is 6. The average molecular weight is 383 g/mol. The van der Waals surface area contributed by atoms with Crippen molar-refractivity contribution in [2.45, 2.75) is 72.8 Å². The van der Waals surface area contributed by atoms with Crippen molar-refractivity contribution < 1.29 is 9.53 Å². The molecular weight excluding hydrogens is 344 g/mol. The van der Waals surface area contributed by atoms with Crippen LogP contribution in [0.2, 0.25) is 0 Å². The Labute approximate surface area is 171 Å². The molecule has 6 atom stereocenters. The van der Waals surface area contributed by atoms with Gasteiger partial charge in [-0.15, -0.1) is 0 Å². The van der Waals surface area contributed by atoms with Crippen molar-refractivity contribution in [3.05, 3.63) is 48.0 Å². The number of ether oxygens (including phenoxy) is 1. The lowest BCUT2D eigenvalue weighted by Crippen LogP contribution is -2.43. The molecule has 3 rings (SSSR count). The maximum absolute atomic E-state index is 12.6. The maximum atomic E-state index is 12.6. The van der Waals surface area contributed by atoms with E-state index in [1.807, 2.05) is 30.3 Å². The summed E-state index contributed by atoms with van der Waals surface area (Å²) in [6.07, 6.45) is 10.8. The fraction of sp³-hybridized carbons (Fsp3) is 0.654. The molecule has 28 heavy (non-hydrogen) atoms. The summed E-state index contributed by atoms with van der Waals surface area (Å²) in [7, 11) is 0. The minimum Gasteiger partial charge on any atom is -0.458 e. The smallest absolute Gasteiger partial charge is 0.338 e. The summed E-state index contributed by atoms with van der Waals surface area (Å²) in [5.41, 5.74) is 0.952. The molecule has 2 nitrogen and oxygen atoms in total. The monoisotopic (exact) mass is 382 g/mol. The van der Waals surface area contributed by atoms with Crippen molar-refractivity contribution in [2.75, 3.05) is 0 Å². The molecule has 0 N–H and O–H groups in total. The van der Waals surface area contributed by atoms with E-state index < -0.39 is 0 Å². The van der Waals surface area contributed by atoms with E-state index in [9.17, 15) is 4.79 Å². The third-order valence-corrected chi connectivity index (χ3v) is 7.81. The number of benzene rings is 1. The number of esters is 1. The summed E-state index contributed by atoms with van der Waals surface area (Å²) in [5, 5.41) is 0. The Morgan fingerprint density at radius 1 is 1.07 bits per heavy atom. The molecule has 0 spiro atoms. The molecule has 0 saturated heterocycles. The van der Waals surface area contributed by atoms with E-state index >= 15 is 0 Å². The van der Waals surface area contributed by atoms with Gasteiger partial charge in [0.05, 0.1) is 5.56 Å². The molecule has 0 bridgehead atoms. The second kappa shape index (κ2) is 8.84. The number of hydrogen-bond donors (Lipinski definition) is 0. The van der Waals surface area contributed by atoms with Crippen molar-refractivity contribution in [1.29, 1.82) is 0 Å². The highest BCUT2D eigenvalue weighted by Gasteiger charge is 2.53. The van der Waals surface area contributed by atoms with Crippen LogP contribution in [0.25, 0.3) is 0 Å². The minimum atomic E-state index is -0.156. The zero-order valence-electron chi connectivity index (χ0n) is 18.4. The highest BCUT2D eigenvalue weighted by atomic mass is 16.5. The lowest BCUT2D eigenvalue weighted by atomic mass is 9.61. The summed E-state index contributed by atoms with van der Waals surface area (Å²) in [5.74, 6) is 2.92. The Kier molecular flexibility index (Phi) is 6.68. The number of allylic oxidation sites excluding steroid dienone is 2. The van der Waals surface area contributed by atoms with E-state index in [0.29, 0.717) is 35.2 Å². The summed E-state index contributed by atoms with van der Waals surface area (Å²) in [4.78, 5) is 12.6. The highest BCUT2D eigenvalue weighted by molar-refractivity contribution is 5.89. The van der Waals surface area contributed by atoms with Crippen LogP contribution in [0.3, 0.4) is 0 Å². The van der Waals surface area contributed by atoms with Crippen LogP contribution in [-0.4, -0.2) is 12.1 Å². The van der Waals surface area contributed by atoms with E-state index in [4.69, 9.17) is 4.74 Å². The predicted octanol–water partition coefficient (Wildman–Crippen LogP) is 6.91. The molecule has 0 aromatic heterocycles. The summed E-state index contributed by atoms with van der Waals surface area (Å²) < 4.78 is 6.06. The van der Waals surface area contributed by atoms with Crippen molar-refractivity contribution in [2.24, 2.45) is 35.0 Å². The van der Waals surface area contributed by atoms with E-state index in [0.717, 1.165) is 12.8 Å². The van der Waals surface area contributed by atoms with E-state index in [2.05, 4.69) is 46.8 Å². The molecule has 154 valence electrons. The molecule has 2 saturated carbocycles. The quantitative estimate of drug-likeness (QED) is 0.394. The largest absolute Gasteiger partial charge is 0.458 e. The van der Waals surface area contributed by atoms with E-state index in [1.54, 1.807) is 0 Å². The lowest BCUT2D eigenvalue weighted by Gasteiger charge is -2.45. The molecule has 0 heterocycles. The molecule has 1 aromatic rings. The van der Waals surface area contributed by atoms with Crippen LogP contribution in [0.5, 0.6) is 0 Å². The van der Waals surface area contributed by atoms with Crippen molar-refractivity contribution in [3.8, 4) is 0 Å². The number of hydrogen-bond acceptors (Lipinski definition) is 2. The molecule has 1 aromatic carbocycles. The molecule has 0 amide bonds. The first-order chi connectivity index (χ1) is 13.3. The van der Waals surface area contributed by atoms with Gasteiger partial charge in [-0.3, -0.25) is 0 Å². The molecule has 2 fully saturated rings. The van der Waals surface area contributed by atoms with Crippen LogP contribution in [0, 0.1) is 35.0 Å². The molecular formula is C26H38O2. The van der Waals surface area contributed by atoms with Crippen LogP contribution in [0.4, 0.5) is 0 Å². The highest BCUT2D eigenvalue weighted by Crippen LogP contribution is 2.58. The van der Waals surface area contributed by atoms with Gasteiger partial charge in [-0.1, -0.05) is 65.0 Å². The van der Waals surface area contributed by atoms with Gasteiger partial charge < -0.3 is 4.74 Å². The lowest BCUT2D eigenvalue weighted by molar-refractivity contribution is -0.0444. The summed E-state index contributed by atoms with van der Waals surface area (Å²) >= 11 is 0. The van der Waals surface area contributed by atoms with Gasteiger partial charge in [-0.25, -0.2) is 4.79 Å². The maximum Gasteiger partial charge on any atom is 0.338 e. The van der Waals surface area contributed by atoms with E-state index in [1.165, 1.54) is 19.3 Å². The number of carbonyl (C=O) groups is 1. The van der Waals surface area contributed by atoms with Gasteiger partial charge in [-0.05, 0) is 73.3 Å². The van der Waals surface area contributed by atoms with Gasteiger partial charge in [0.25, 0.3) is 0 Å². The summed E-state index contributed by atoms with van der Waals surface area (Å²) in [6, 6.07) is 9.44. The third kappa shape index (κ3) is 4.36. The minimum absolute atomic E-state index is 0.0715. The van der Waals surface area contributed by atoms with Crippen molar-refractivity contribution in [1.82, 2.24) is 0 Å². The van der Waals surface area contributed by atoms with Gasteiger partial charge in [0, 0.05) is 5.92 Å². The first-order valence-corrected chi connectivity index (χ1v) is 11.3. The van der Waals surface area contributed by atoms with Crippen LogP contribution in [0.1, 0.15) is 77.1 Å². The molecule has 2 aliphatic rings. The van der Waals surface area contributed by atoms with Crippen molar-refractivity contribution >= 4 is 5.97 Å². The first-order valence-electron chi connectivity index (χ1n) is 11.3. The van der Waals surface area contributed by atoms with Gasteiger partial charge in [0.2, 0.25) is 0 Å². The second-order valence-corrected chi connectivity index (χ2v) is 9.85. The molecule has 6 unspecified atom stereocenters. The Morgan fingerprint density at radius 2 is 1.79 bits per heavy atom. The predicted molar refractivity (Wildman–Crippen MR) is 116 cm³/mol. The summed E-state index contributed by atoms with van der Waals surface area (Å²) in [6.45, 7) is 11.8. The first kappa shape index (κ1) is 21.1. The van der Waals surface area contributed by atoms with Gasteiger partial charge in [0.1, 0.15) is 6.10 Å².